The smallest absolute Gasteiger partial charge is 0.308 e. The van der Waals surface area contributed by atoms with Crippen LogP contribution in [0.2, 0.25) is 0 Å². The first-order valence-corrected chi connectivity index (χ1v) is 5.16. The SMILES string of the molecule is CCOC(=O)CC(O)CN(C)C(C)CO. The molecule has 0 saturated carbocycles. The summed E-state index contributed by atoms with van der Waals surface area (Å²) in [4.78, 5) is 12.8. The number of rotatable bonds is 7. The minimum atomic E-state index is -0.747. The molecule has 2 atom stereocenters. The quantitative estimate of drug-likeness (QED) is 0.571. The fraction of sp³-hybridized carbons (Fsp3) is 0.900. The van der Waals surface area contributed by atoms with Crippen molar-refractivity contribution in [3.63, 3.8) is 0 Å². The highest BCUT2D eigenvalue weighted by Crippen LogP contribution is 2.01. The van der Waals surface area contributed by atoms with E-state index in [1.54, 1.807) is 18.9 Å². The standard InChI is InChI=1S/C10H21NO4/c1-4-15-10(14)5-9(13)6-11(3)8(2)7-12/h8-9,12-13H,4-7H2,1-3H3. The minimum Gasteiger partial charge on any atom is -0.466 e. The van der Waals surface area contributed by atoms with Crippen LogP contribution in [-0.4, -0.2) is 60.0 Å². The number of aliphatic hydroxyl groups excluding tert-OH is 2. The van der Waals surface area contributed by atoms with Crippen LogP contribution in [0.15, 0.2) is 0 Å². The van der Waals surface area contributed by atoms with Crippen LogP contribution in [0.5, 0.6) is 0 Å². The Labute approximate surface area is 90.6 Å². The third-order valence-corrected chi connectivity index (χ3v) is 2.22. The molecule has 0 aromatic heterocycles. The van der Waals surface area contributed by atoms with Gasteiger partial charge in [-0.25, -0.2) is 0 Å². The van der Waals surface area contributed by atoms with Gasteiger partial charge in [0, 0.05) is 12.6 Å². The summed E-state index contributed by atoms with van der Waals surface area (Å²) in [5, 5.41) is 18.4. The first kappa shape index (κ1) is 14.3. The molecule has 0 aromatic carbocycles. The molecule has 0 aliphatic heterocycles. The van der Waals surface area contributed by atoms with E-state index in [0.717, 1.165) is 0 Å². The monoisotopic (exact) mass is 219 g/mol. The van der Waals surface area contributed by atoms with Gasteiger partial charge < -0.3 is 14.9 Å². The number of carbonyl (C=O) groups is 1. The summed E-state index contributed by atoms with van der Waals surface area (Å²) in [5.41, 5.74) is 0. The second kappa shape index (κ2) is 7.62. The molecule has 0 fully saturated rings. The lowest BCUT2D eigenvalue weighted by Crippen LogP contribution is -2.38. The Hall–Kier alpha value is -0.650. The molecule has 0 heterocycles. The molecule has 0 radical (unpaired) electrons. The average Bonchev–Trinajstić information content (AvgIpc) is 2.16. The van der Waals surface area contributed by atoms with E-state index < -0.39 is 12.1 Å². The lowest BCUT2D eigenvalue weighted by Gasteiger charge is -2.25. The van der Waals surface area contributed by atoms with Crippen LogP contribution in [0.3, 0.4) is 0 Å². The first-order chi connectivity index (χ1) is 7.01. The molecule has 0 aromatic rings. The minimum absolute atomic E-state index is 0.00364. The van der Waals surface area contributed by atoms with Crippen LogP contribution in [0, 0.1) is 0 Å². The summed E-state index contributed by atoms with van der Waals surface area (Å²) >= 11 is 0. The van der Waals surface area contributed by atoms with Crippen LogP contribution in [-0.2, 0) is 9.53 Å². The van der Waals surface area contributed by atoms with Crippen LogP contribution >= 0.6 is 0 Å². The number of hydrogen-bond acceptors (Lipinski definition) is 5. The maximum Gasteiger partial charge on any atom is 0.308 e. The molecule has 0 rings (SSSR count). The number of esters is 1. The van der Waals surface area contributed by atoms with Crippen molar-refractivity contribution in [1.29, 1.82) is 0 Å². The number of nitrogens with zero attached hydrogens (tertiary/aromatic N) is 1. The van der Waals surface area contributed by atoms with Gasteiger partial charge in [0.1, 0.15) is 0 Å². The lowest BCUT2D eigenvalue weighted by atomic mass is 10.2. The maximum atomic E-state index is 11.0. The van der Waals surface area contributed by atoms with Crippen molar-refractivity contribution in [2.75, 3.05) is 26.8 Å². The molecular formula is C10H21NO4. The molecule has 0 aliphatic carbocycles. The van der Waals surface area contributed by atoms with E-state index in [9.17, 15) is 9.90 Å². The molecule has 0 spiro atoms. The van der Waals surface area contributed by atoms with E-state index >= 15 is 0 Å². The molecule has 0 amide bonds. The Kier molecular flexibility index (Phi) is 7.29. The van der Waals surface area contributed by atoms with Crippen molar-refractivity contribution < 1.29 is 19.7 Å². The third-order valence-electron chi connectivity index (χ3n) is 2.22. The van der Waals surface area contributed by atoms with E-state index in [-0.39, 0.29) is 19.1 Å². The van der Waals surface area contributed by atoms with Gasteiger partial charge in [0.05, 0.1) is 25.7 Å². The second-order valence-electron chi connectivity index (χ2n) is 3.63. The lowest BCUT2D eigenvalue weighted by molar-refractivity contribution is -0.145. The Morgan fingerprint density at radius 1 is 1.53 bits per heavy atom. The predicted molar refractivity (Wildman–Crippen MR) is 56.4 cm³/mol. The Morgan fingerprint density at radius 2 is 2.13 bits per heavy atom. The summed E-state index contributed by atoms with van der Waals surface area (Å²) in [6, 6.07) is -0.0261. The van der Waals surface area contributed by atoms with E-state index in [1.807, 2.05) is 6.92 Å². The van der Waals surface area contributed by atoms with E-state index in [2.05, 4.69) is 0 Å². The molecule has 5 heteroatoms. The van der Waals surface area contributed by atoms with Gasteiger partial charge in [0.15, 0.2) is 0 Å². The van der Waals surface area contributed by atoms with Gasteiger partial charge in [-0.3, -0.25) is 9.69 Å². The van der Waals surface area contributed by atoms with Crippen molar-refractivity contribution >= 4 is 5.97 Å². The average molecular weight is 219 g/mol. The third kappa shape index (κ3) is 6.43. The number of carbonyl (C=O) groups excluding carboxylic acids is 1. The maximum absolute atomic E-state index is 11.0. The van der Waals surface area contributed by atoms with E-state index in [1.165, 1.54) is 0 Å². The summed E-state index contributed by atoms with van der Waals surface area (Å²) < 4.78 is 4.71. The zero-order valence-electron chi connectivity index (χ0n) is 9.64. The highest BCUT2D eigenvalue weighted by molar-refractivity contribution is 5.69. The molecule has 5 nitrogen and oxygen atoms in total. The molecule has 2 N–H and O–H groups in total. The summed E-state index contributed by atoms with van der Waals surface area (Å²) in [6.07, 6.45) is -0.751. The van der Waals surface area contributed by atoms with E-state index in [0.29, 0.717) is 13.2 Å². The van der Waals surface area contributed by atoms with Crippen LogP contribution in [0.1, 0.15) is 20.3 Å². The Bertz CT molecular complexity index is 186. The van der Waals surface area contributed by atoms with Crippen LogP contribution < -0.4 is 0 Å². The topological polar surface area (TPSA) is 70.0 Å². The molecule has 90 valence electrons. The first-order valence-electron chi connectivity index (χ1n) is 5.16. The predicted octanol–water partition coefficient (Wildman–Crippen LogP) is -0.387. The van der Waals surface area contributed by atoms with Crippen molar-refractivity contribution in [3.05, 3.63) is 0 Å². The van der Waals surface area contributed by atoms with Gasteiger partial charge in [-0.15, -0.1) is 0 Å². The van der Waals surface area contributed by atoms with Crippen LogP contribution in [0.4, 0.5) is 0 Å². The van der Waals surface area contributed by atoms with Crippen LogP contribution in [0.25, 0.3) is 0 Å². The highest BCUT2D eigenvalue weighted by atomic mass is 16.5. The van der Waals surface area contributed by atoms with E-state index in [4.69, 9.17) is 9.84 Å². The van der Waals surface area contributed by atoms with Gasteiger partial charge in [0.25, 0.3) is 0 Å². The molecule has 0 bridgehead atoms. The number of likely N-dealkylation sites (N-methyl/N-ethyl adjacent to an activating group) is 1. The number of ether oxygens (including phenoxy) is 1. The van der Waals surface area contributed by atoms with Gasteiger partial charge in [-0.1, -0.05) is 0 Å². The molecule has 2 unspecified atom stereocenters. The van der Waals surface area contributed by atoms with Gasteiger partial charge >= 0.3 is 5.97 Å². The summed E-state index contributed by atoms with van der Waals surface area (Å²) in [7, 11) is 1.79. The number of aliphatic hydroxyl groups is 2. The molecule has 15 heavy (non-hydrogen) atoms. The number of hydrogen-bond donors (Lipinski definition) is 2. The Balaban J connectivity index is 3.82. The van der Waals surface area contributed by atoms with Crippen molar-refractivity contribution in [3.8, 4) is 0 Å². The van der Waals surface area contributed by atoms with Crippen molar-refractivity contribution in [2.24, 2.45) is 0 Å². The van der Waals surface area contributed by atoms with Gasteiger partial charge in [-0.05, 0) is 20.9 Å². The molecular weight excluding hydrogens is 198 g/mol. The fourth-order valence-corrected chi connectivity index (χ4v) is 1.13. The van der Waals surface area contributed by atoms with Gasteiger partial charge in [0.2, 0.25) is 0 Å². The molecule has 0 aliphatic rings. The zero-order valence-corrected chi connectivity index (χ0v) is 9.64. The largest absolute Gasteiger partial charge is 0.466 e. The second-order valence-corrected chi connectivity index (χ2v) is 3.63. The normalized spacial score (nSPS) is 15.1. The van der Waals surface area contributed by atoms with Gasteiger partial charge in [-0.2, -0.15) is 0 Å². The summed E-state index contributed by atoms with van der Waals surface area (Å²) in [6.45, 7) is 4.28. The Morgan fingerprint density at radius 3 is 2.60 bits per heavy atom. The van der Waals surface area contributed by atoms with Crippen molar-refractivity contribution in [1.82, 2.24) is 4.90 Å². The summed E-state index contributed by atoms with van der Waals surface area (Å²) in [5.74, 6) is -0.393. The molecule has 0 saturated heterocycles. The van der Waals surface area contributed by atoms with Crippen molar-refractivity contribution in [2.45, 2.75) is 32.4 Å². The zero-order chi connectivity index (χ0) is 11.8. The highest BCUT2D eigenvalue weighted by Gasteiger charge is 2.16. The fourth-order valence-electron chi connectivity index (χ4n) is 1.13.